The van der Waals surface area contributed by atoms with Gasteiger partial charge >= 0.3 is 5.97 Å². The van der Waals surface area contributed by atoms with Crippen LogP contribution in [0.4, 0.5) is 4.39 Å². The minimum absolute atomic E-state index is 0.0343. The Bertz CT molecular complexity index is 2150. The van der Waals surface area contributed by atoms with Crippen LogP contribution in [0, 0.1) is 19.7 Å². The summed E-state index contributed by atoms with van der Waals surface area (Å²) in [7, 11) is 0. The molecule has 0 spiro atoms. The van der Waals surface area contributed by atoms with Crippen LogP contribution in [0.5, 0.6) is 0 Å². The predicted octanol–water partition coefficient (Wildman–Crippen LogP) is 6.86. The van der Waals surface area contributed by atoms with Gasteiger partial charge in [-0.05, 0) is 80.6 Å². The minimum Gasteiger partial charge on any atom is -0.463 e. The summed E-state index contributed by atoms with van der Waals surface area (Å²) in [5.74, 6) is -1.01. The van der Waals surface area contributed by atoms with Crippen LogP contribution in [-0.4, -0.2) is 28.0 Å². The number of nitrogens with zero attached hydrogens (tertiary/aromatic N) is 3. The number of benzene rings is 3. The monoisotopic (exact) mass is 657 g/mol. The van der Waals surface area contributed by atoms with E-state index in [1.165, 1.54) is 17.4 Å². The Kier molecular flexibility index (Phi) is 8.68. The van der Waals surface area contributed by atoms with Gasteiger partial charge in [-0.25, -0.2) is 14.2 Å². The second kappa shape index (κ2) is 12.7. The molecule has 0 saturated heterocycles. The first-order valence-corrected chi connectivity index (χ1v) is 16.7. The number of thiazole rings is 1. The van der Waals surface area contributed by atoms with Crippen LogP contribution in [-0.2, 0) is 9.53 Å². The second-order valence-electron chi connectivity index (χ2n) is 10.5. The zero-order valence-electron chi connectivity index (χ0n) is 25.0. The summed E-state index contributed by atoms with van der Waals surface area (Å²) in [5, 5.41) is 0.0343. The molecular weight excluding hydrogens is 629 g/mol. The molecule has 1 atom stereocenters. The summed E-state index contributed by atoms with van der Waals surface area (Å²) in [6.45, 7) is 5.82. The van der Waals surface area contributed by atoms with Gasteiger partial charge in [0.15, 0.2) is 4.80 Å². The highest BCUT2D eigenvalue weighted by Crippen LogP contribution is 2.36. The number of carbonyl (C=O) groups excluding carboxylic acids is 1. The van der Waals surface area contributed by atoms with Crippen LogP contribution >= 0.6 is 34.7 Å². The highest BCUT2D eigenvalue weighted by molar-refractivity contribution is 7.98. The van der Waals surface area contributed by atoms with Crippen LogP contribution in [0.15, 0.2) is 99.1 Å². The molecule has 2 aromatic heterocycles. The van der Waals surface area contributed by atoms with E-state index in [2.05, 4.69) is 0 Å². The lowest BCUT2D eigenvalue weighted by Crippen LogP contribution is -2.40. The summed E-state index contributed by atoms with van der Waals surface area (Å²) >= 11 is 8.97. The first-order chi connectivity index (χ1) is 21.7. The molecule has 0 fully saturated rings. The van der Waals surface area contributed by atoms with Gasteiger partial charge in [-0.15, -0.1) is 11.8 Å². The fourth-order valence-corrected chi connectivity index (χ4v) is 7.21. The third-order valence-corrected chi connectivity index (χ3v) is 9.74. The highest BCUT2D eigenvalue weighted by atomic mass is 35.5. The minimum atomic E-state index is -0.748. The Morgan fingerprint density at radius 2 is 1.82 bits per heavy atom. The molecule has 0 N–H and O–H groups in total. The number of fused-ring (bicyclic) bond motifs is 1. The Morgan fingerprint density at radius 3 is 2.49 bits per heavy atom. The first-order valence-electron chi connectivity index (χ1n) is 14.3. The summed E-state index contributed by atoms with van der Waals surface area (Å²) in [5.41, 5.74) is 5.37. The summed E-state index contributed by atoms with van der Waals surface area (Å²) in [6, 6.07) is 23.2. The number of aromatic nitrogens is 2. The van der Waals surface area contributed by atoms with Crippen molar-refractivity contribution < 1.29 is 13.9 Å². The zero-order valence-corrected chi connectivity index (χ0v) is 27.4. The van der Waals surface area contributed by atoms with Gasteiger partial charge in [0.1, 0.15) is 5.82 Å². The lowest BCUT2D eigenvalue weighted by Gasteiger charge is -2.26. The SMILES string of the molecule is CCOC(=O)C1=C(c2ccccc2)N=c2s/c(=C/c3cc(C)n(-c4ccc(F)c(Cl)c4)c3C)c(=O)n2[C@H]1c1ccc(SC)cc1. The number of rotatable bonds is 7. The van der Waals surface area contributed by atoms with Crippen molar-refractivity contribution in [2.24, 2.45) is 4.99 Å². The molecule has 0 amide bonds. The Balaban J connectivity index is 1.59. The first kappa shape index (κ1) is 30.8. The molecule has 0 bridgehead atoms. The molecule has 1 aliphatic heterocycles. The largest absolute Gasteiger partial charge is 0.463 e. The number of aryl methyl sites for hydroxylation is 1. The van der Waals surface area contributed by atoms with Crippen molar-refractivity contribution in [3.05, 3.63) is 143 Å². The van der Waals surface area contributed by atoms with E-state index in [4.69, 9.17) is 21.3 Å². The van der Waals surface area contributed by atoms with Gasteiger partial charge in [-0.1, -0.05) is 65.4 Å². The van der Waals surface area contributed by atoms with Crippen molar-refractivity contribution in [1.29, 1.82) is 0 Å². The summed E-state index contributed by atoms with van der Waals surface area (Å²) < 4.78 is 23.5. The number of ether oxygens (including phenoxy) is 1. The standard InChI is InChI=1S/C35H29ClFN3O3S2/c1-5-43-34(42)30-31(22-9-7-6-8-10-22)38-35-40(32(30)23-11-14-26(44-4)15-12-23)33(41)29(45-35)18-24-17-20(2)39(21(24)3)25-13-16-28(37)27(36)19-25/h6-19,32H,5H2,1-4H3/b29-18+/t32-/m0/s1. The zero-order chi connectivity index (χ0) is 31.8. The highest BCUT2D eigenvalue weighted by Gasteiger charge is 2.35. The maximum absolute atomic E-state index is 14.3. The Labute approximate surface area is 272 Å². The van der Waals surface area contributed by atoms with Crippen LogP contribution < -0.4 is 14.9 Å². The van der Waals surface area contributed by atoms with Crippen LogP contribution in [0.25, 0.3) is 17.5 Å². The van der Waals surface area contributed by atoms with Crippen LogP contribution in [0.3, 0.4) is 0 Å². The number of esters is 1. The van der Waals surface area contributed by atoms with Gasteiger partial charge in [-0.2, -0.15) is 0 Å². The maximum atomic E-state index is 14.3. The average molecular weight is 658 g/mol. The quantitative estimate of drug-likeness (QED) is 0.142. The van der Waals surface area contributed by atoms with E-state index in [9.17, 15) is 14.0 Å². The lowest BCUT2D eigenvalue weighted by molar-refractivity contribution is -0.138. The van der Waals surface area contributed by atoms with Crippen molar-refractivity contribution in [1.82, 2.24) is 9.13 Å². The smallest absolute Gasteiger partial charge is 0.338 e. The normalized spacial score (nSPS) is 14.8. The van der Waals surface area contributed by atoms with Crippen molar-refractivity contribution >= 4 is 52.4 Å². The van der Waals surface area contributed by atoms with Gasteiger partial charge in [0.05, 0.1) is 33.5 Å². The molecule has 6 nitrogen and oxygen atoms in total. The summed E-state index contributed by atoms with van der Waals surface area (Å²) in [4.78, 5) is 34.4. The van der Waals surface area contributed by atoms with E-state index in [-0.39, 0.29) is 17.2 Å². The Hall–Kier alpha value is -4.18. The third kappa shape index (κ3) is 5.72. The fraction of sp³-hybridized carbons (Fsp3) is 0.171. The van der Waals surface area contributed by atoms with Crippen LogP contribution in [0.2, 0.25) is 5.02 Å². The van der Waals surface area contributed by atoms with E-state index in [1.807, 2.05) is 91.4 Å². The molecule has 10 heteroatoms. The molecule has 6 rings (SSSR count). The van der Waals surface area contributed by atoms with Crippen molar-refractivity contribution in [2.75, 3.05) is 12.9 Å². The van der Waals surface area contributed by atoms with Crippen LogP contribution in [0.1, 0.15) is 41.0 Å². The van der Waals surface area contributed by atoms with Gasteiger partial charge in [0.2, 0.25) is 0 Å². The van der Waals surface area contributed by atoms with E-state index in [0.29, 0.717) is 20.6 Å². The molecule has 5 aromatic rings. The van der Waals surface area contributed by atoms with E-state index in [1.54, 1.807) is 35.4 Å². The maximum Gasteiger partial charge on any atom is 0.338 e. The van der Waals surface area contributed by atoms with E-state index in [0.717, 1.165) is 38.7 Å². The average Bonchev–Trinajstić information content (AvgIpc) is 3.51. The van der Waals surface area contributed by atoms with Gasteiger partial charge in [0.25, 0.3) is 5.56 Å². The van der Waals surface area contributed by atoms with Gasteiger partial charge in [0, 0.05) is 27.5 Å². The molecule has 1 aliphatic rings. The number of carbonyl (C=O) groups is 1. The second-order valence-corrected chi connectivity index (χ2v) is 12.8. The lowest BCUT2D eigenvalue weighted by atomic mass is 9.93. The van der Waals surface area contributed by atoms with Crippen molar-refractivity contribution in [3.8, 4) is 5.69 Å². The molecular formula is C35H29ClFN3O3S2. The number of thioether (sulfide) groups is 1. The molecule has 0 radical (unpaired) electrons. The molecule has 0 unspecified atom stereocenters. The summed E-state index contributed by atoms with van der Waals surface area (Å²) in [6.07, 6.45) is 3.84. The third-order valence-electron chi connectivity index (χ3n) is 7.72. The van der Waals surface area contributed by atoms with Gasteiger partial charge < -0.3 is 9.30 Å². The topological polar surface area (TPSA) is 65.6 Å². The number of halogens is 2. The molecule has 228 valence electrons. The molecule has 45 heavy (non-hydrogen) atoms. The Morgan fingerprint density at radius 1 is 1.09 bits per heavy atom. The van der Waals surface area contributed by atoms with Gasteiger partial charge in [-0.3, -0.25) is 9.36 Å². The molecule has 0 aliphatic carbocycles. The molecule has 0 saturated carbocycles. The van der Waals surface area contributed by atoms with Crippen molar-refractivity contribution in [2.45, 2.75) is 31.7 Å². The number of hydrogen-bond acceptors (Lipinski definition) is 6. The predicted molar refractivity (Wildman–Crippen MR) is 179 cm³/mol. The van der Waals surface area contributed by atoms with E-state index >= 15 is 0 Å². The fourth-order valence-electron chi connectivity index (χ4n) is 5.64. The number of hydrogen-bond donors (Lipinski definition) is 0. The van der Waals surface area contributed by atoms with E-state index < -0.39 is 17.8 Å². The van der Waals surface area contributed by atoms with Crippen molar-refractivity contribution in [3.63, 3.8) is 0 Å². The molecule has 3 aromatic carbocycles. The molecule has 3 heterocycles.